The van der Waals surface area contributed by atoms with E-state index in [2.05, 4.69) is 0 Å². The zero-order valence-electron chi connectivity index (χ0n) is 10.5. The van der Waals surface area contributed by atoms with Crippen LogP contribution in [0.3, 0.4) is 0 Å². The van der Waals surface area contributed by atoms with E-state index in [0.29, 0.717) is 5.57 Å². The van der Waals surface area contributed by atoms with Gasteiger partial charge >= 0.3 is 5.97 Å². The van der Waals surface area contributed by atoms with E-state index in [1.54, 1.807) is 6.08 Å². The third-order valence-corrected chi connectivity index (χ3v) is 3.77. The van der Waals surface area contributed by atoms with E-state index in [9.17, 15) is 9.59 Å². The lowest BCUT2D eigenvalue weighted by atomic mass is 10.0. The minimum Gasteiger partial charge on any atom is -0.481 e. The Morgan fingerprint density at radius 2 is 1.89 bits per heavy atom. The second-order valence-electron chi connectivity index (χ2n) is 5.27. The molecule has 0 heterocycles. The normalized spacial score (nSPS) is 25.6. The lowest BCUT2D eigenvalue weighted by Crippen LogP contribution is -2.03. The quantitative estimate of drug-likeness (QED) is 0.654. The van der Waals surface area contributed by atoms with Crippen molar-refractivity contribution in [2.24, 2.45) is 17.3 Å². The van der Waals surface area contributed by atoms with Gasteiger partial charge in [0.15, 0.2) is 0 Å². The molecule has 1 aromatic rings. The van der Waals surface area contributed by atoms with Crippen molar-refractivity contribution in [2.45, 2.75) is 13.8 Å². The van der Waals surface area contributed by atoms with Gasteiger partial charge in [0, 0.05) is 5.57 Å². The SMILES string of the molecule is CC1(C)C(C=C(C=O)c2ccccc2)C1C(=O)O. The molecule has 0 saturated heterocycles. The Bertz CT molecular complexity index is 500. The molecule has 0 radical (unpaired) electrons. The minimum absolute atomic E-state index is 0.0737. The molecule has 0 aliphatic heterocycles. The number of carbonyl (C=O) groups excluding carboxylic acids is 1. The summed E-state index contributed by atoms with van der Waals surface area (Å²) in [7, 11) is 0. The predicted molar refractivity (Wildman–Crippen MR) is 68.9 cm³/mol. The fourth-order valence-corrected chi connectivity index (χ4v) is 2.49. The standard InChI is InChI=1S/C15H16O3/c1-15(2)12(13(15)14(17)18)8-11(9-16)10-6-4-3-5-7-10/h3-9,12-13H,1-2H3,(H,17,18). The number of hydrogen-bond acceptors (Lipinski definition) is 2. The third kappa shape index (κ3) is 2.08. The van der Waals surface area contributed by atoms with Gasteiger partial charge in [-0.05, 0) is 16.9 Å². The summed E-state index contributed by atoms with van der Waals surface area (Å²) < 4.78 is 0. The molecule has 0 bridgehead atoms. The highest BCUT2D eigenvalue weighted by Crippen LogP contribution is 2.59. The number of allylic oxidation sites excluding steroid dienone is 2. The van der Waals surface area contributed by atoms with Gasteiger partial charge in [0.05, 0.1) is 5.92 Å². The van der Waals surface area contributed by atoms with Crippen LogP contribution >= 0.6 is 0 Å². The number of carbonyl (C=O) groups is 2. The number of benzene rings is 1. The Hall–Kier alpha value is -1.90. The summed E-state index contributed by atoms with van der Waals surface area (Å²) >= 11 is 0. The summed E-state index contributed by atoms with van der Waals surface area (Å²) in [6.45, 7) is 3.83. The van der Waals surface area contributed by atoms with Crippen LogP contribution in [0, 0.1) is 17.3 Å². The molecule has 3 nitrogen and oxygen atoms in total. The summed E-state index contributed by atoms with van der Waals surface area (Å²) in [4.78, 5) is 22.2. The Morgan fingerprint density at radius 1 is 1.28 bits per heavy atom. The molecule has 94 valence electrons. The molecule has 0 aromatic heterocycles. The lowest BCUT2D eigenvalue weighted by molar-refractivity contribution is -0.139. The molecular weight excluding hydrogens is 228 g/mol. The van der Waals surface area contributed by atoms with E-state index < -0.39 is 11.9 Å². The zero-order chi connectivity index (χ0) is 13.3. The second kappa shape index (κ2) is 4.41. The van der Waals surface area contributed by atoms with E-state index in [1.807, 2.05) is 44.2 Å². The summed E-state index contributed by atoms with van der Waals surface area (Å²) in [5.74, 6) is -1.26. The highest BCUT2D eigenvalue weighted by Gasteiger charge is 2.60. The van der Waals surface area contributed by atoms with Crippen LogP contribution in [0.1, 0.15) is 19.4 Å². The molecule has 1 aliphatic carbocycles. The van der Waals surface area contributed by atoms with Gasteiger partial charge in [0.25, 0.3) is 0 Å². The first-order valence-electron chi connectivity index (χ1n) is 5.93. The maximum atomic E-state index is 11.1. The van der Waals surface area contributed by atoms with E-state index >= 15 is 0 Å². The molecule has 1 aromatic carbocycles. The highest BCUT2D eigenvalue weighted by atomic mass is 16.4. The molecule has 2 atom stereocenters. The Balaban J connectivity index is 2.28. The molecule has 1 fully saturated rings. The van der Waals surface area contributed by atoms with Crippen molar-refractivity contribution in [1.29, 1.82) is 0 Å². The van der Waals surface area contributed by atoms with E-state index in [1.165, 1.54) is 0 Å². The molecule has 0 spiro atoms. The molecule has 2 rings (SSSR count). The van der Waals surface area contributed by atoms with Crippen molar-refractivity contribution < 1.29 is 14.7 Å². The van der Waals surface area contributed by atoms with Crippen molar-refractivity contribution >= 4 is 17.8 Å². The molecule has 1 saturated carbocycles. The van der Waals surface area contributed by atoms with E-state index in [4.69, 9.17) is 5.11 Å². The lowest BCUT2D eigenvalue weighted by Gasteiger charge is -2.01. The van der Waals surface area contributed by atoms with Gasteiger partial charge in [-0.3, -0.25) is 9.59 Å². The smallest absolute Gasteiger partial charge is 0.307 e. The van der Waals surface area contributed by atoms with E-state index in [0.717, 1.165) is 11.8 Å². The topological polar surface area (TPSA) is 54.4 Å². The average Bonchev–Trinajstić information content (AvgIpc) is 2.89. The van der Waals surface area contributed by atoms with Gasteiger partial charge in [-0.1, -0.05) is 50.3 Å². The first-order chi connectivity index (χ1) is 8.48. The van der Waals surface area contributed by atoms with Crippen molar-refractivity contribution in [3.05, 3.63) is 42.0 Å². The fourth-order valence-electron chi connectivity index (χ4n) is 2.49. The van der Waals surface area contributed by atoms with E-state index in [-0.39, 0.29) is 11.3 Å². The fraction of sp³-hybridized carbons (Fsp3) is 0.333. The van der Waals surface area contributed by atoms with Crippen LogP contribution in [0.15, 0.2) is 36.4 Å². The van der Waals surface area contributed by atoms with Crippen LogP contribution in [0.4, 0.5) is 0 Å². The maximum Gasteiger partial charge on any atom is 0.307 e. The monoisotopic (exact) mass is 244 g/mol. The molecule has 1 aliphatic rings. The van der Waals surface area contributed by atoms with Crippen LogP contribution in [0.2, 0.25) is 0 Å². The number of rotatable bonds is 4. The maximum absolute atomic E-state index is 11.1. The molecule has 1 N–H and O–H groups in total. The molecule has 18 heavy (non-hydrogen) atoms. The van der Waals surface area contributed by atoms with Crippen molar-refractivity contribution in [3.63, 3.8) is 0 Å². The van der Waals surface area contributed by atoms with Crippen LogP contribution in [-0.2, 0) is 9.59 Å². The van der Waals surface area contributed by atoms with Gasteiger partial charge in [-0.2, -0.15) is 0 Å². The zero-order valence-corrected chi connectivity index (χ0v) is 10.5. The molecule has 0 amide bonds. The second-order valence-corrected chi connectivity index (χ2v) is 5.27. The Kier molecular flexibility index (Phi) is 3.07. The summed E-state index contributed by atoms with van der Waals surface area (Å²) in [6, 6.07) is 9.31. The Morgan fingerprint density at radius 3 is 2.33 bits per heavy atom. The number of aliphatic carboxylic acids is 1. The number of carboxylic acids is 1. The van der Waals surface area contributed by atoms with Crippen LogP contribution < -0.4 is 0 Å². The van der Waals surface area contributed by atoms with Crippen LogP contribution in [0.5, 0.6) is 0 Å². The van der Waals surface area contributed by atoms with Gasteiger partial charge in [-0.25, -0.2) is 0 Å². The van der Waals surface area contributed by atoms with Gasteiger partial charge in [0.1, 0.15) is 6.29 Å². The molecule has 2 unspecified atom stereocenters. The van der Waals surface area contributed by atoms with Crippen LogP contribution in [-0.4, -0.2) is 17.4 Å². The molecule has 3 heteroatoms. The summed E-state index contributed by atoms with van der Waals surface area (Å²) in [6.07, 6.45) is 2.59. The number of hydrogen-bond donors (Lipinski definition) is 1. The van der Waals surface area contributed by atoms with Crippen molar-refractivity contribution in [1.82, 2.24) is 0 Å². The number of carboxylic acid groups (broad SMARTS) is 1. The first-order valence-corrected chi connectivity index (χ1v) is 5.93. The highest BCUT2D eigenvalue weighted by molar-refractivity contribution is 6.07. The largest absolute Gasteiger partial charge is 0.481 e. The van der Waals surface area contributed by atoms with Crippen molar-refractivity contribution in [2.75, 3.05) is 0 Å². The summed E-state index contributed by atoms with van der Waals surface area (Å²) in [5.41, 5.74) is 1.13. The minimum atomic E-state index is -0.792. The summed E-state index contributed by atoms with van der Waals surface area (Å²) in [5, 5.41) is 9.10. The van der Waals surface area contributed by atoms with Crippen LogP contribution in [0.25, 0.3) is 5.57 Å². The third-order valence-electron chi connectivity index (χ3n) is 3.77. The van der Waals surface area contributed by atoms with Gasteiger partial charge in [0.2, 0.25) is 0 Å². The number of aldehydes is 1. The van der Waals surface area contributed by atoms with Gasteiger partial charge < -0.3 is 5.11 Å². The first kappa shape index (κ1) is 12.6. The molecular formula is C15H16O3. The van der Waals surface area contributed by atoms with Crippen molar-refractivity contribution in [3.8, 4) is 0 Å². The Labute approximate surface area is 106 Å². The predicted octanol–water partition coefficient (Wildman–Crippen LogP) is 2.63. The van der Waals surface area contributed by atoms with Gasteiger partial charge in [-0.15, -0.1) is 0 Å². The average molecular weight is 244 g/mol.